The lowest BCUT2D eigenvalue weighted by atomic mass is 9.99. The Labute approximate surface area is 338 Å². The number of phosphoric acid groups is 1. The molecule has 0 saturated heterocycles. The van der Waals surface area contributed by atoms with E-state index in [0.717, 1.165) is 31.6 Å². The van der Waals surface area contributed by atoms with E-state index >= 15 is 0 Å². The summed E-state index contributed by atoms with van der Waals surface area (Å²) < 4.78 is 26.2. The number of rotatable bonds is 37. The lowest BCUT2D eigenvalue weighted by Gasteiger charge is -2.18. The van der Waals surface area contributed by atoms with Crippen LogP contribution in [-0.2, 0) is 28.2 Å². The number of aliphatic hydroxyl groups excluding tert-OH is 3. The first-order chi connectivity index (χ1) is 26.9. The molecule has 0 bridgehead atoms. The molecule has 0 saturated carbocycles. The van der Waals surface area contributed by atoms with Crippen molar-refractivity contribution in [1.29, 1.82) is 0 Å². The van der Waals surface area contributed by atoms with Gasteiger partial charge in [-0.15, -0.1) is 0 Å². The summed E-state index contributed by atoms with van der Waals surface area (Å²) in [6, 6.07) is 0. The van der Waals surface area contributed by atoms with Crippen LogP contribution in [0.25, 0.3) is 0 Å². The molecule has 5 atom stereocenters. The van der Waals surface area contributed by atoms with E-state index in [0.29, 0.717) is 12.8 Å². The van der Waals surface area contributed by atoms with E-state index < -0.39 is 57.4 Å². The maximum absolute atomic E-state index is 12.4. The number of aliphatic hydroxyl groups is 3. The third-order valence-corrected chi connectivity index (χ3v) is 9.92. The Kier molecular flexibility index (Phi) is 35.4. The molecule has 0 fully saturated rings. The van der Waals surface area contributed by atoms with Crippen molar-refractivity contribution in [2.45, 2.75) is 186 Å². The largest absolute Gasteiger partial charge is 0.469 e. The van der Waals surface area contributed by atoms with Gasteiger partial charge >= 0.3 is 19.8 Å². The molecule has 0 spiro atoms. The summed E-state index contributed by atoms with van der Waals surface area (Å²) in [7, 11) is -4.84. The molecule has 0 aliphatic heterocycles. The second-order valence-electron chi connectivity index (χ2n) is 14.8. The van der Waals surface area contributed by atoms with Gasteiger partial charge < -0.3 is 34.6 Å². The third-order valence-electron chi connectivity index (χ3n) is 9.43. The number of esters is 2. The second kappa shape index (κ2) is 36.9. The van der Waals surface area contributed by atoms with E-state index in [1.54, 1.807) is 42.5 Å². The Bertz CT molecular complexity index is 1160. The van der Waals surface area contributed by atoms with Crippen LogP contribution >= 0.6 is 7.82 Å². The molecule has 12 heteroatoms. The molecule has 5 N–H and O–H groups in total. The van der Waals surface area contributed by atoms with Crippen LogP contribution in [0, 0.1) is 5.92 Å². The molecule has 0 aliphatic rings. The van der Waals surface area contributed by atoms with Crippen LogP contribution < -0.4 is 0 Å². The van der Waals surface area contributed by atoms with E-state index in [1.807, 2.05) is 19.1 Å². The van der Waals surface area contributed by atoms with Gasteiger partial charge in [-0.1, -0.05) is 178 Å². The summed E-state index contributed by atoms with van der Waals surface area (Å²) >= 11 is 0. The van der Waals surface area contributed by atoms with Crippen molar-refractivity contribution in [3.8, 4) is 0 Å². The summed E-state index contributed by atoms with van der Waals surface area (Å²) in [5.74, 6) is -0.354. The second-order valence-corrected chi connectivity index (χ2v) is 16.0. The average molecular weight is 813 g/mol. The first-order valence-corrected chi connectivity index (χ1v) is 22.8. The standard InChI is InChI=1S/C44H77O11P/c1-4-6-23-30-39(45)31-25-20-17-18-21-26-32-41(46)42(47)33-28-35-43(48)53-36-40(37-54-56(50,51)52)55-44(49)34-27-22-16-14-12-10-8-7-9-11-13-15-19-24-29-38(3)5-2/h6,17-18,20-21,23,25-26,31-32,38-42,45-47H,4-5,7-16,19,22,24,27-30,33-37H2,1-3H3,(H2,50,51,52)/b20-17+,21-18-,23-6-,31-25+,32-26-/t38?,39-,40-,41+,42+/m1/s1. The first-order valence-electron chi connectivity index (χ1n) is 21.3. The molecule has 0 aromatic heterocycles. The lowest BCUT2D eigenvalue weighted by Crippen LogP contribution is -2.29. The highest BCUT2D eigenvalue weighted by Gasteiger charge is 2.23. The van der Waals surface area contributed by atoms with Gasteiger partial charge in [0.15, 0.2) is 6.10 Å². The minimum absolute atomic E-state index is 0.0892. The Morgan fingerprint density at radius 1 is 0.625 bits per heavy atom. The van der Waals surface area contributed by atoms with Crippen molar-refractivity contribution in [2.24, 2.45) is 5.92 Å². The monoisotopic (exact) mass is 813 g/mol. The highest BCUT2D eigenvalue weighted by Crippen LogP contribution is 2.36. The van der Waals surface area contributed by atoms with Crippen molar-refractivity contribution in [3.63, 3.8) is 0 Å². The van der Waals surface area contributed by atoms with Gasteiger partial charge in [-0.25, -0.2) is 4.57 Å². The van der Waals surface area contributed by atoms with Crippen molar-refractivity contribution in [2.75, 3.05) is 13.2 Å². The van der Waals surface area contributed by atoms with Gasteiger partial charge in [0.25, 0.3) is 0 Å². The molecule has 0 amide bonds. The van der Waals surface area contributed by atoms with Gasteiger partial charge in [0.2, 0.25) is 0 Å². The summed E-state index contributed by atoms with van der Waals surface area (Å²) in [5, 5.41) is 30.2. The molecular weight excluding hydrogens is 735 g/mol. The smallest absolute Gasteiger partial charge is 0.462 e. The number of hydrogen-bond acceptors (Lipinski definition) is 9. The molecule has 0 aromatic rings. The van der Waals surface area contributed by atoms with Crippen molar-refractivity contribution in [1.82, 2.24) is 0 Å². The van der Waals surface area contributed by atoms with E-state index in [4.69, 9.17) is 19.3 Å². The highest BCUT2D eigenvalue weighted by molar-refractivity contribution is 7.46. The predicted molar refractivity (Wildman–Crippen MR) is 225 cm³/mol. The minimum Gasteiger partial charge on any atom is -0.462 e. The summed E-state index contributed by atoms with van der Waals surface area (Å²) in [4.78, 5) is 42.9. The fourth-order valence-electron chi connectivity index (χ4n) is 5.75. The average Bonchev–Trinajstić information content (AvgIpc) is 3.16. The lowest BCUT2D eigenvalue weighted by molar-refractivity contribution is -0.161. The van der Waals surface area contributed by atoms with E-state index in [1.165, 1.54) is 83.1 Å². The van der Waals surface area contributed by atoms with E-state index in [-0.39, 0.29) is 25.7 Å². The molecule has 11 nitrogen and oxygen atoms in total. The Morgan fingerprint density at radius 3 is 1.70 bits per heavy atom. The number of unbranched alkanes of at least 4 members (excludes halogenated alkanes) is 13. The van der Waals surface area contributed by atoms with Gasteiger partial charge in [-0.2, -0.15) is 0 Å². The third kappa shape index (κ3) is 37.2. The predicted octanol–water partition coefficient (Wildman–Crippen LogP) is 9.67. The Morgan fingerprint density at radius 2 is 1.14 bits per heavy atom. The van der Waals surface area contributed by atoms with Crippen LogP contribution in [0.4, 0.5) is 0 Å². The van der Waals surface area contributed by atoms with Crippen LogP contribution in [0.5, 0.6) is 0 Å². The van der Waals surface area contributed by atoms with E-state index in [9.17, 15) is 29.5 Å². The zero-order chi connectivity index (χ0) is 41.7. The molecular formula is C44H77O11P. The molecule has 0 aromatic carbocycles. The molecule has 0 radical (unpaired) electrons. The number of carbonyl (C=O) groups is 2. The number of carbonyl (C=O) groups excluding carboxylic acids is 2. The number of allylic oxidation sites excluding steroid dienone is 7. The fraction of sp³-hybridized carbons (Fsp3) is 0.727. The van der Waals surface area contributed by atoms with Crippen molar-refractivity contribution < 1.29 is 53.3 Å². The van der Waals surface area contributed by atoms with Gasteiger partial charge in [0.1, 0.15) is 6.61 Å². The quantitative estimate of drug-likeness (QED) is 0.0133. The van der Waals surface area contributed by atoms with Crippen LogP contribution in [-0.4, -0.2) is 74.7 Å². The molecule has 0 rings (SSSR count). The van der Waals surface area contributed by atoms with Crippen LogP contribution in [0.2, 0.25) is 0 Å². The molecule has 0 aliphatic carbocycles. The maximum Gasteiger partial charge on any atom is 0.469 e. The highest BCUT2D eigenvalue weighted by atomic mass is 31.2. The molecule has 0 heterocycles. The van der Waals surface area contributed by atoms with E-state index in [2.05, 4.69) is 18.4 Å². The Balaban J connectivity index is 4.23. The normalized spacial score (nSPS) is 15.4. The SMILES string of the molecule is CC/C=C\C[C@@H](O)/C=C/C=C/C=C\C=C/[C@H](O)[C@@H](O)CCCC(=O)OC[C@H](COP(=O)(O)O)OC(=O)CCCCCCCCCCCCCCCCC(C)CC. The van der Waals surface area contributed by atoms with Gasteiger partial charge in [-0.05, 0) is 38.0 Å². The zero-order valence-electron chi connectivity index (χ0n) is 34.8. The Hall–Kier alpha value is -2.37. The van der Waals surface area contributed by atoms with Gasteiger partial charge in [0, 0.05) is 12.8 Å². The number of ether oxygens (including phenoxy) is 2. The minimum atomic E-state index is -4.84. The molecule has 324 valence electrons. The van der Waals surface area contributed by atoms with Crippen LogP contribution in [0.1, 0.15) is 162 Å². The fourth-order valence-corrected chi connectivity index (χ4v) is 6.11. The summed E-state index contributed by atoms with van der Waals surface area (Å²) in [6.07, 6.45) is 34.6. The first kappa shape index (κ1) is 53.6. The van der Waals surface area contributed by atoms with Crippen LogP contribution in [0.3, 0.4) is 0 Å². The number of phosphoric ester groups is 1. The van der Waals surface area contributed by atoms with Crippen molar-refractivity contribution in [3.05, 3.63) is 60.8 Å². The zero-order valence-corrected chi connectivity index (χ0v) is 35.7. The molecule has 56 heavy (non-hydrogen) atoms. The maximum atomic E-state index is 12.4. The van der Waals surface area contributed by atoms with Crippen LogP contribution in [0.15, 0.2) is 60.8 Å². The summed E-state index contributed by atoms with van der Waals surface area (Å²) in [6.45, 7) is 5.56. The van der Waals surface area contributed by atoms with Gasteiger partial charge in [-0.3, -0.25) is 14.1 Å². The topological polar surface area (TPSA) is 180 Å². The summed E-state index contributed by atoms with van der Waals surface area (Å²) in [5.41, 5.74) is 0. The van der Waals surface area contributed by atoms with Gasteiger partial charge in [0.05, 0.1) is 24.9 Å². The molecule has 1 unspecified atom stereocenters. The van der Waals surface area contributed by atoms with Crippen molar-refractivity contribution >= 4 is 19.8 Å². The number of hydrogen-bond donors (Lipinski definition) is 5.